The van der Waals surface area contributed by atoms with Crippen molar-refractivity contribution in [3.63, 3.8) is 0 Å². The standard InChI is InChI=1S/C22H25F2N3O4S/c1-4-13(2)19-7-6-14(3)27(32(19,29)30)12-15-10-18(24)16(11-17(15)23)22(8-5-9-22)20-25-26-21(28)31-20/h4,10-11,14,19H,1-2,5-9,12H2,3H3,(H,26,28)/t14-,19-/m0/s1. The molecule has 1 aliphatic heterocycles. The molecule has 0 radical (unpaired) electrons. The number of halogens is 2. The van der Waals surface area contributed by atoms with Crippen LogP contribution in [0.4, 0.5) is 8.78 Å². The summed E-state index contributed by atoms with van der Waals surface area (Å²) in [5.74, 6) is -2.15. The molecule has 10 heteroatoms. The van der Waals surface area contributed by atoms with Gasteiger partial charge in [0.25, 0.3) is 0 Å². The van der Waals surface area contributed by atoms with Crippen LogP contribution in [0.3, 0.4) is 0 Å². The Morgan fingerprint density at radius 1 is 1.34 bits per heavy atom. The topological polar surface area (TPSA) is 96.3 Å². The number of aromatic amines is 1. The van der Waals surface area contributed by atoms with Gasteiger partial charge in [0.2, 0.25) is 15.9 Å². The highest BCUT2D eigenvalue weighted by Crippen LogP contribution is 2.49. The number of rotatable bonds is 6. The Kier molecular flexibility index (Phi) is 5.70. The second kappa shape index (κ2) is 8.08. The molecule has 0 amide bonds. The Balaban J connectivity index is 1.69. The minimum Gasteiger partial charge on any atom is -0.392 e. The van der Waals surface area contributed by atoms with Crippen molar-refractivity contribution in [1.29, 1.82) is 0 Å². The summed E-state index contributed by atoms with van der Waals surface area (Å²) in [5.41, 5.74) is -0.645. The van der Waals surface area contributed by atoms with Crippen LogP contribution in [-0.2, 0) is 22.0 Å². The molecule has 2 atom stereocenters. The number of aromatic nitrogens is 2. The zero-order valence-electron chi connectivity index (χ0n) is 17.7. The van der Waals surface area contributed by atoms with Gasteiger partial charge in [-0.05, 0) is 50.3 Å². The third-order valence-corrected chi connectivity index (χ3v) is 9.13. The summed E-state index contributed by atoms with van der Waals surface area (Å²) in [7, 11) is -3.82. The van der Waals surface area contributed by atoms with Gasteiger partial charge in [-0.1, -0.05) is 25.7 Å². The summed E-state index contributed by atoms with van der Waals surface area (Å²) >= 11 is 0. The first-order valence-electron chi connectivity index (χ1n) is 10.5. The van der Waals surface area contributed by atoms with Gasteiger partial charge in [0.15, 0.2) is 0 Å². The smallest absolute Gasteiger partial charge is 0.392 e. The van der Waals surface area contributed by atoms with Crippen molar-refractivity contribution in [3.05, 3.63) is 76.1 Å². The van der Waals surface area contributed by atoms with E-state index in [0.717, 1.165) is 18.6 Å². The fourth-order valence-corrected chi connectivity index (χ4v) is 6.83. The third-order valence-electron chi connectivity index (χ3n) is 6.73. The lowest BCUT2D eigenvalue weighted by Crippen LogP contribution is -2.48. The molecule has 0 bridgehead atoms. The predicted octanol–water partition coefficient (Wildman–Crippen LogP) is 3.54. The van der Waals surface area contributed by atoms with E-state index in [0.29, 0.717) is 31.3 Å². The molecule has 1 aromatic heterocycles. The molecule has 2 aromatic rings. The normalized spacial score (nSPS) is 24.6. The van der Waals surface area contributed by atoms with Crippen LogP contribution in [0.1, 0.15) is 56.0 Å². The molecule has 2 aliphatic rings. The van der Waals surface area contributed by atoms with E-state index in [9.17, 15) is 13.2 Å². The molecule has 4 rings (SSSR count). The van der Waals surface area contributed by atoms with Gasteiger partial charge < -0.3 is 4.42 Å². The number of hydrogen-bond donors (Lipinski definition) is 1. The molecule has 32 heavy (non-hydrogen) atoms. The lowest BCUT2D eigenvalue weighted by Gasteiger charge is -2.39. The van der Waals surface area contributed by atoms with Crippen molar-refractivity contribution in [2.75, 3.05) is 0 Å². The number of hydrogen-bond acceptors (Lipinski definition) is 5. The van der Waals surface area contributed by atoms with Crippen molar-refractivity contribution in [1.82, 2.24) is 14.5 Å². The predicted molar refractivity (Wildman–Crippen MR) is 114 cm³/mol. The monoisotopic (exact) mass is 465 g/mol. The van der Waals surface area contributed by atoms with E-state index in [1.54, 1.807) is 6.92 Å². The van der Waals surface area contributed by atoms with Crippen LogP contribution in [0.15, 0.2) is 46.2 Å². The van der Waals surface area contributed by atoms with Crippen molar-refractivity contribution < 1.29 is 21.6 Å². The summed E-state index contributed by atoms with van der Waals surface area (Å²) in [4.78, 5) is 11.4. The highest BCUT2D eigenvalue weighted by Gasteiger charge is 2.47. The number of benzene rings is 1. The lowest BCUT2D eigenvalue weighted by atomic mass is 9.64. The van der Waals surface area contributed by atoms with Gasteiger partial charge in [-0.2, -0.15) is 4.31 Å². The van der Waals surface area contributed by atoms with Crippen LogP contribution >= 0.6 is 0 Å². The minimum absolute atomic E-state index is 0.0257. The summed E-state index contributed by atoms with van der Waals surface area (Å²) in [6, 6.07) is 1.73. The van der Waals surface area contributed by atoms with E-state index in [1.165, 1.54) is 10.4 Å². The average molecular weight is 466 g/mol. The van der Waals surface area contributed by atoms with E-state index >= 15 is 8.78 Å². The Labute approximate surface area is 184 Å². The molecule has 0 spiro atoms. The van der Waals surface area contributed by atoms with Crippen LogP contribution in [0.5, 0.6) is 0 Å². The highest BCUT2D eigenvalue weighted by atomic mass is 32.2. The molecule has 2 heterocycles. The van der Waals surface area contributed by atoms with Crippen molar-refractivity contribution in [3.8, 4) is 0 Å². The van der Waals surface area contributed by atoms with Crippen LogP contribution in [0.25, 0.3) is 0 Å². The Bertz CT molecular complexity index is 1230. The van der Waals surface area contributed by atoms with Crippen molar-refractivity contribution in [2.24, 2.45) is 0 Å². The van der Waals surface area contributed by atoms with E-state index in [1.807, 2.05) is 0 Å². The minimum atomic E-state index is -3.82. The van der Waals surface area contributed by atoms with Crippen LogP contribution < -0.4 is 5.76 Å². The van der Waals surface area contributed by atoms with Gasteiger partial charge >= 0.3 is 5.76 Å². The maximum Gasteiger partial charge on any atom is 0.434 e. The Morgan fingerprint density at radius 2 is 2.06 bits per heavy atom. The number of sulfonamides is 1. The summed E-state index contributed by atoms with van der Waals surface area (Å²) in [5, 5.41) is 5.18. The quantitative estimate of drug-likeness (QED) is 0.659. The molecular weight excluding hydrogens is 440 g/mol. The number of allylic oxidation sites excluding steroid dienone is 1. The van der Waals surface area contributed by atoms with Gasteiger partial charge in [-0.3, -0.25) is 0 Å². The maximum absolute atomic E-state index is 15.2. The van der Waals surface area contributed by atoms with E-state index in [2.05, 4.69) is 23.4 Å². The summed E-state index contributed by atoms with van der Waals surface area (Å²) < 4.78 is 62.9. The fourth-order valence-electron chi connectivity index (χ4n) is 4.66. The van der Waals surface area contributed by atoms with Gasteiger partial charge in [-0.25, -0.2) is 27.1 Å². The molecule has 1 aliphatic carbocycles. The van der Waals surface area contributed by atoms with Crippen LogP contribution in [-0.4, -0.2) is 34.2 Å². The molecule has 1 saturated heterocycles. The highest BCUT2D eigenvalue weighted by molar-refractivity contribution is 7.90. The fraction of sp³-hybridized carbons (Fsp3) is 0.455. The largest absolute Gasteiger partial charge is 0.434 e. The van der Waals surface area contributed by atoms with Gasteiger partial charge in [-0.15, -0.1) is 5.10 Å². The molecule has 1 N–H and O–H groups in total. The van der Waals surface area contributed by atoms with Crippen LogP contribution in [0, 0.1) is 11.6 Å². The first-order valence-corrected chi connectivity index (χ1v) is 12.0. The number of H-pyrrole nitrogens is 1. The molecule has 2 fully saturated rings. The summed E-state index contributed by atoms with van der Waals surface area (Å²) in [6.45, 7) is 8.83. The van der Waals surface area contributed by atoms with E-state index in [-0.39, 0.29) is 29.6 Å². The average Bonchev–Trinajstić information content (AvgIpc) is 3.13. The summed E-state index contributed by atoms with van der Waals surface area (Å²) in [6.07, 6.45) is 4.05. The molecule has 0 unspecified atom stereocenters. The lowest BCUT2D eigenvalue weighted by molar-refractivity contribution is 0.227. The third kappa shape index (κ3) is 3.55. The maximum atomic E-state index is 15.2. The molecule has 1 aromatic carbocycles. The van der Waals surface area contributed by atoms with E-state index < -0.39 is 38.1 Å². The van der Waals surface area contributed by atoms with Crippen molar-refractivity contribution >= 4 is 10.0 Å². The molecule has 1 saturated carbocycles. The number of nitrogens with one attached hydrogen (secondary N) is 1. The zero-order chi connectivity index (χ0) is 23.3. The second-order valence-electron chi connectivity index (χ2n) is 8.56. The molecule has 172 valence electrons. The van der Waals surface area contributed by atoms with Gasteiger partial charge in [0.05, 0.1) is 10.7 Å². The molecule has 7 nitrogen and oxygen atoms in total. The number of nitrogens with zero attached hydrogens (tertiary/aromatic N) is 2. The zero-order valence-corrected chi connectivity index (χ0v) is 18.6. The van der Waals surface area contributed by atoms with E-state index in [4.69, 9.17) is 4.42 Å². The van der Waals surface area contributed by atoms with Gasteiger partial charge in [0, 0.05) is 23.7 Å². The van der Waals surface area contributed by atoms with Crippen LogP contribution in [0.2, 0.25) is 0 Å². The first-order chi connectivity index (χ1) is 15.1. The van der Waals surface area contributed by atoms with Crippen molar-refractivity contribution in [2.45, 2.75) is 62.3 Å². The Morgan fingerprint density at radius 3 is 2.62 bits per heavy atom. The first kappa shape index (κ1) is 22.6. The SMILES string of the molecule is C=CC(=C)[C@@H]1CC[C@H](C)N(Cc2cc(F)c(C3(c4n[nH]c(=O)o4)CCC3)cc2F)S1(=O)=O. The van der Waals surface area contributed by atoms with Gasteiger partial charge in [0.1, 0.15) is 11.6 Å². The Hall–Kier alpha value is -2.59. The molecular formula is C22H25F2N3O4S. The second-order valence-corrected chi connectivity index (χ2v) is 10.6.